The Hall–Kier alpha value is -3.07. The molecule has 0 aliphatic carbocycles. The van der Waals surface area contributed by atoms with E-state index in [-0.39, 0.29) is 11.5 Å². The fraction of sp³-hybridized carbons (Fsp3) is 0.208. The van der Waals surface area contributed by atoms with E-state index in [9.17, 15) is 0 Å². The number of amidine groups is 1. The van der Waals surface area contributed by atoms with Gasteiger partial charge in [-0.05, 0) is 30.2 Å². The highest BCUT2D eigenvalue weighted by Gasteiger charge is 2.58. The second-order valence-electron chi connectivity index (χ2n) is 7.40. The molecule has 3 heteroatoms. The van der Waals surface area contributed by atoms with Gasteiger partial charge in [-0.2, -0.15) is 0 Å². The molecule has 2 aliphatic rings. The molecule has 0 amide bonds. The Morgan fingerprint density at radius 1 is 0.926 bits per heavy atom. The molecular weight excluding hydrogens is 332 g/mol. The van der Waals surface area contributed by atoms with Crippen LogP contribution in [0.4, 0.5) is 5.69 Å². The lowest BCUT2D eigenvalue weighted by atomic mass is 9.63. The van der Waals surface area contributed by atoms with Crippen molar-refractivity contribution < 1.29 is 4.74 Å². The Balaban J connectivity index is 1.71. The third-order valence-corrected chi connectivity index (χ3v) is 5.96. The molecule has 0 unspecified atom stereocenters. The van der Waals surface area contributed by atoms with Gasteiger partial charge in [0.15, 0.2) is 0 Å². The molecule has 2 atom stereocenters. The van der Waals surface area contributed by atoms with Crippen LogP contribution in [0.2, 0.25) is 0 Å². The highest BCUT2D eigenvalue weighted by molar-refractivity contribution is 6.03. The van der Waals surface area contributed by atoms with Crippen molar-refractivity contribution in [3.8, 4) is 5.75 Å². The molecule has 3 aromatic rings. The third-order valence-electron chi connectivity index (χ3n) is 5.96. The van der Waals surface area contributed by atoms with Gasteiger partial charge in [0.1, 0.15) is 11.6 Å². The van der Waals surface area contributed by atoms with Gasteiger partial charge < -0.3 is 9.64 Å². The number of fused-ring (bicyclic) bond motifs is 2. The van der Waals surface area contributed by atoms with E-state index in [1.165, 1.54) is 16.7 Å². The van der Waals surface area contributed by atoms with Crippen LogP contribution in [-0.4, -0.2) is 17.8 Å². The summed E-state index contributed by atoms with van der Waals surface area (Å²) in [4.78, 5) is 7.50. The third kappa shape index (κ3) is 2.24. The Kier molecular flexibility index (Phi) is 3.57. The van der Waals surface area contributed by atoms with Crippen molar-refractivity contribution >= 4 is 11.5 Å². The summed E-state index contributed by atoms with van der Waals surface area (Å²) in [5.41, 5.74) is 4.67. The molecule has 3 aromatic carbocycles. The number of methoxy groups -OCH3 is 1. The number of hydrogen-bond acceptors (Lipinski definition) is 3. The van der Waals surface area contributed by atoms with Gasteiger partial charge in [0, 0.05) is 12.1 Å². The van der Waals surface area contributed by atoms with Crippen LogP contribution in [0.5, 0.6) is 5.75 Å². The molecule has 3 nitrogen and oxygen atoms in total. The number of nitrogens with zero attached hydrogens (tertiary/aromatic N) is 2. The predicted molar refractivity (Wildman–Crippen MR) is 109 cm³/mol. The lowest BCUT2D eigenvalue weighted by Crippen LogP contribution is -2.64. The maximum absolute atomic E-state index is 5.71. The van der Waals surface area contributed by atoms with E-state index >= 15 is 0 Å². The predicted octanol–water partition coefficient (Wildman–Crippen LogP) is 5.25. The van der Waals surface area contributed by atoms with Crippen LogP contribution in [-0.2, 0) is 12.0 Å². The van der Waals surface area contributed by atoms with E-state index in [1.807, 2.05) is 12.1 Å². The molecule has 134 valence electrons. The van der Waals surface area contributed by atoms with Gasteiger partial charge in [-0.3, -0.25) is 0 Å². The van der Waals surface area contributed by atoms with Crippen molar-refractivity contribution in [3.05, 3.63) is 95.6 Å². The first-order valence-corrected chi connectivity index (χ1v) is 9.35. The van der Waals surface area contributed by atoms with E-state index in [2.05, 4.69) is 78.6 Å². The van der Waals surface area contributed by atoms with Gasteiger partial charge >= 0.3 is 0 Å². The molecule has 2 aliphatic heterocycles. The minimum Gasteiger partial charge on any atom is -0.496 e. The van der Waals surface area contributed by atoms with Crippen molar-refractivity contribution in [2.24, 2.45) is 4.99 Å². The second-order valence-corrected chi connectivity index (χ2v) is 7.40. The smallest absolute Gasteiger partial charge is 0.124 e. The number of hydrogen-bond donors (Lipinski definition) is 0. The summed E-state index contributed by atoms with van der Waals surface area (Å²) in [6, 6.07) is 27.7. The maximum Gasteiger partial charge on any atom is 0.124 e. The molecule has 0 aromatic heterocycles. The zero-order valence-electron chi connectivity index (χ0n) is 15.6. The zero-order chi connectivity index (χ0) is 18.4. The van der Waals surface area contributed by atoms with Crippen molar-refractivity contribution in [1.29, 1.82) is 0 Å². The highest BCUT2D eigenvalue weighted by Crippen LogP contribution is 2.56. The second kappa shape index (κ2) is 5.98. The normalized spacial score (nSPS) is 23.0. The number of aliphatic imine (C=N–C) groups is 1. The van der Waals surface area contributed by atoms with Crippen LogP contribution < -0.4 is 4.74 Å². The number of rotatable bonds is 3. The molecule has 0 saturated carbocycles. The quantitative estimate of drug-likeness (QED) is 0.641. The van der Waals surface area contributed by atoms with Crippen LogP contribution in [0, 0.1) is 0 Å². The SMILES string of the molecule is COc1ccccc1[C@@H]1N2Cc3ccccc3N=C2[C@]1(C)c1ccccc1. The van der Waals surface area contributed by atoms with E-state index < -0.39 is 0 Å². The number of benzene rings is 3. The van der Waals surface area contributed by atoms with Crippen molar-refractivity contribution in [2.45, 2.75) is 24.9 Å². The van der Waals surface area contributed by atoms with Gasteiger partial charge in [0.05, 0.1) is 24.3 Å². The first kappa shape index (κ1) is 16.1. The van der Waals surface area contributed by atoms with Gasteiger partial charge in [0.25, 0.3) is 0 Å². The topological polar surface area (TPSA) is 24.8 Å². The fourth-order valence-electron chi connectivity index (χ4n) is 4.63. The Bertz CT molecular complexity index is 1030. The summed E-state index contributed by atoms with van der Waals surface area (Å²) in [6.45, 7) is 3.18. The first-order chi connectivity index (χ1) is 13.2. The minimum atomic E-state index is -0.191. The van der Waals surface area contributed by atoms with E-state index in [4.69, 9.17) is 9.73 Å². The minimum absolute atomic E-state index is 0.183. The van der Waals surface area contributed by atoms with Gasteiger partial charge in [0.2, 0.25) is 0 Å². The molecule has 0 radical (unpaired) electrons. The Morgan fingerprint density at radius 2 is 1.63 bits per heavy atom. The summed E-state index contributed by atoms with van der Waals surface area (Å²) in [5, 5.41) is 0. The van der Waals surface area contributed by atoms with Crippen LogP contribution in [0.1, 0.15) is 29.7 Å². The molecular formula is C24H22N2O. The monoisotopic (exact) mass is 354 g/mol. The first-order valence-electron chi connectivity index (χ1n) is 9.35. The summed E-state index contributed by atoms with van der Waals surface area (Å²) in [5.74, 6) is 2.07. The molecule has 0 spiro atoms. The molecule has 1 fully saturated rings. The summed E-state index contributed by atoms with van der Waals surface area (Å²) in [7, 11) is 1.75. The average Bonchev–Trinajstić information content (AvgIpc) is 2.73. The largest absolute Gasteiger partial charge is 0.496 e. The summed E-state index contributed by atoms with van der Waals surface area (Å²) < 4.78 is 5.71. The molecule has 0 N–H and O–H groups in total. The van der Waals surface area contributed by atoms with Crippen molar-refractivity contribution in [3.63, 3.8) is 0 Å². The lowest BCUT2D eigenvalue weighted by Gasteiger charge is -2.59. The number of para-hydroxylation sites is 2. The fourth-order valence-corrected chi connectivity index (χ4v) is 4.63. The van der Waals surface area contributed by atoms with Crippen LogP contribution in [0.3, 0.4) is 0 Å². The zero-order valence-corrected chi connectivity index (χ0v) is 15.6. The van der Waals surface area contributed by atoms with Gasteiger partial charge in [-0.15, -0.1) is 0 Å². The maximum atomic E-state index is 5.71. The highest BCUT2D eigenvalue weighted by atomic mass is 16.5. The van der Waals surface area contributed by atoms with E-state index in [0.29, 0.717) is 0 Å². The van der Waals surface area contributed by atoms with Gasteiger partial charge in [-0.25, -0.2) is 4.99 Å². The molecule has 0 bridgehead atoms. The van der Waals surface area contributed by atoms with E-state index in [0.717, 1.165) is 23.8 Å². The van der Waals surface area contributed by atoms with Crippen LogP contribution in [0.25, 0.3) is 0 Å². The molecule has 2 heterocycles. The Labute approximate surface area is 159 Å². The van der Waals surface area contributed by atoms with Crippen LogP contribution >= 0.6 is 0 Å². The standard InChI is InChI=1S/C24H22N2O/c1-24(18-11-4-3-5-12-18)22(19-13-7-9-15-21(19)27-2)26-16-17-10-6-8-14-20(17)25-23(24)26/h3-15,22H,16H2,1-2H3/t22-,24+/m0/s1. The lowest BCUT2D eigenvalue weighted by molar-refractivity contribution is 0.141. The Morgan fingerprint density at radius 3 is 2.44 bits per heavy atom. The molecule has 27 heavy (non-hydrogen) atoms. The molecule has 1 saturated heterocycles. The van der Waals surface area contributed by atoms with Crippen molar-refractivity contribution in [1.82, 2.24) is 4.90 Å². The van der Waals surface area contributed by atoms with Gasteiger partial charge in [-0.1, -0.05) is 66.7 Å². The van der Waals surface area contributed by atoms with E-state index in [1.54, 1.807) is 7.11 Å². The average molecular weight is 354 g/mol. The summed E-state index contributed by atoms with van der Waals surface area (Å²) in [6.07, 6.45) is 0. The van der Waals surface area contributed by atoms with Crippen molar-refractivity contribution in [2.75, 3.05) is 7.11 Å². The van der Waals surface area contributed by atoms with Crippen LogP contribution in [0.15, 0.2) is 83.9 Å². The number of ether oxygens (including phenoxy) is 1. The summed E-state index contributed by atoms with van der Waals surface area (Å²) >= 11 is 0. The molecule has 5 rings (SSSR count).